The lowest BCUT2D eigenvalue weighted by Crippen LogP contribution is -2.64. The number of rotatable bonds is 3. The zero-order valence-corrected chi connectivity index (χ0v) is 14.4. The second-order valence-electron chi connectivity index (χ2n) is 7.80. The van der Waals surface area contributed by atoms with Gasteiger partial charge >= 0.3 is 0 Å². The number of hydrogen-bond donors (Lipinski definition) is 1. The Balaban J connectivity index is 2.35. The predicted molar refractivity (Wildman–Crippen MR) is 86.9 cm³/mol. The van der Waals surface area contributed by atoms with Gasteiger partial charge in [-0.1, -0.05) is 0 Å². The van der Waals surface area contributed by atoms with Gasteiger partial charge in [0, 0.05) is 30.1 Å². The van der Waals surface area contributed by atoms with E-state index in [0.29, 0.717) is 5.75 Å². The van der Waals surface area contributed by atoms with Crippen LogP contribution < -0.4 is 10.5 Å². The summed E-state index contributed by atoms with van der Waals surface area (Å²) in [6.45, 7) is 11.0. The molecule has 0 spiro atoms. The average Bonchev–Trinajstić information content (AvgIpc) is 2.34. The van der Waals surface area contributed by atoms with Crippen molar-refractivity contribution in [2.75, 3.05) is 7.05 Å². The fourth-order valence-corrected chi connectivity index (χ4v) is 3.94. The van der Waals surface area contributed by atoms with Crippen LogP contribution >= 0.6 is 0 Å². The van der Waals surface area contributed by atoms with Crippen molar-refractivity contribution in [3.05, 3.63) is 24.0 Å². The number of likely N-dealkylation sites (tertiary alicyclic amines) is 1. The standard InChI is InChI=1S/C17H27N3O2/c1-15(2)10-17(5,11-16(3,4)20(15)6)22-12-8-7-9-19-13(12)14(18)21/h7-9H,10-11H2,1-6H3,(H2,18,21). The lowest BCUT2D eigenvalue weighted by atomic mass is 9.72. The summed E-state index contributed by atoms with van der Waals surface area (Å²) in [6, 6.07) is 3.52. The summed E-state index contributed by atoms with van der Waals surface area (Å²) in [4.78, 5) is 18.0. The lowest BCUT2D eigenvalue weighted by Gasteiger charge is -2.57. The maximum absolute atomic E-state index is 11.5. The number of carbonyl (C=O) groups is 1. The van der Waals surface area contributed by atoms with Gasteiger partial charge in [0.25, 0.3) is 5.91 Å². The Morgan fingerprint density at radius 3 is 2.27 bits per heavy atom. The Morgan fingerprint density at radius 1 is 1.23 bits per heavy atom. The highest BCUT2D eigenvalue weighted by Gasteiger charge is 2.50. The van der Waals surface area contributed by atoms with Crippen LogP contribution in [0.5, 0.6) is 5.75 Å². The van der Waals surface area contributed by atoms with E-state index in [4.69, 9.17) is 10.5 Å². The number of hydrogen-bond acceptors (Lipinski definition) is 4. The third-order valence-electron chi connectivity index (χ3n) is 4.79. The molecule has 0 aromatic carbocycles. The van der Waals surface area contributed by atoms with E-state index < -0.39 is 5.91 Å². The van der Waals surface area contributed by atoms with Crippen LogP contribution in [0.4, 0.5) is 0 Å². The van der Waals surface area contributed by atoms with Gasteiger partial charge in [-0.2, -0.15) is 0 Å². The molecule has 1 aliphatic rings. The Morgan fingerprint density at radius 2 is 1.77 bits per heavy atom. The number of aromatic nitrogens is 1. The van der Waals surface area contributed by atoms with Crippen molar-refractivity contribution < 1.29 is 9.53 Å². The van der Waals surface area contributed by atoms with Crippen LogP contribution in [0.1, 0.15) is 57.9 Å². The summed E-state index contributed by atoms with van der Waals surface area (Å²) >= 11 is 0. The van der Waals surface area contributed by atoms with E-state index in [1.165, 1.54) is 0 Å². The first-order valence-corrected chi connectivity index (χ1v) is 7.65. The van der Waals surface area contributed by atoms with Crippen molar-refractivity contribution in [3.8, 4) is 5.75 Å². The van der Waals surface area contributed by atoms with Crippen LogP contribution in [0.25, 0.3) is 0 Å². The minimum Gasteiger partial charge on any atom is -0.485 e. The molecule has 5 nitrogen and oxygen atoms in total. The van der Waals surface area contributed by atoms with Crippen LogP contribution in [-0.2, 0) is 0 Å². The smallest absolute Gasteiger partial charge is 0.271 e. The van der Waals surface area contributed by atoms with Crippen LogP contribution in [0.15, 0.2) is 18.3 Å². The molecule has 0 unspecified atom stereocenters. The van der Waals surface area contributed by atoms with E-state index in [-0.39, 0.29) is 22.4 Å². The largest absolute Gasteiger partial charge is 0.485 e. The van der Waals surface area contributed by atoms with Gasteiger partial charge in [0.15, 0.2) is 11.4 Å². The van der Waals surface area contributed by atoms with E-state index in [2.05, 4.69) is 51.6 Å². The van der Waals surface area contributed by atoms with Gasteiger partial charge in [-0.3, -0.25) is 9.69 Å². The normalized spacial score (nSPS) is 23.0. The summed E-state index contributed by atoms with van der Waals surface area (Å²) in [5.74, 6) is -0.0979. The van der Waals surface area contributed by atoms with Crippen molar-refractivity contribution in [1.29, 1.82) is 0 Å². The fraction of sp³-hybridized carbons (Fsp3) is 0.647. The summed E-state index contributed by atoms with van der Waals surface area (Å²) in [7, 11) is 2.15. The van der Waals surface area contributed by atoms with Crippen molar-refractivity contribution in [3.63, 3.8) is 0 Å². The molecule has 22 heavy (non-hydrogen) atoms. The minimum absolute atomic E-state index is 0.00834. The molecule has 5 heteroatoms. The molecule has 0 radical (unpaired) electrons. The summed E-state index contributed by atoms with van der Waals surface area (Å²) in [6.07, 6.45) is 3.26. The van der Waals surface area contributed by atoms with Gasteiger partial charge in [-0.05, 0) is 53.8 Å². The number of nitrogens with zero attached hydrogens (tertiary/aromatic N) is 2. The van der Waals surface area contributed by atoms with Crippen LogP contribution in [0, 0.1) is 0 Å². The molecule has 2 N–H and O–H groups in total. The molecule has 1 amide bonds. The molecule has 0 saturated carbocycles. The molecule has 2 rings (SSSR count). The molecule has 1 saturated heterocycles. The van der Waals surface area contributed by atoms with Crippen LogP contribution in [0.2, 0.25) is 0 Å². The molecule has 1 aliphatic heterocycles. The van der Waals surface area contributed by atoms with Gasteiger partial charge in [0.2, 0.25) is 0 Å². The van der Waals surface area contributed by atoms with E-state index in [9.17, 15) is 4.79 Å². The molecule has 1 aromatic rings. The number of nitrogens with two attached hydrogens (primary N) is 1. The predicted octanol–water partition coefficient (Wildman–Crippen LogP) is 2.60. The Hall–Kier alpha value is -1.62. The number of amides is 1. The van der Waals surface area contributed by atoms with Gasteiger partial charge in [-0.25, -0.2) is 4.98 Å². The summed E-state index contributed by atoms with van der Waals surface area (Å²) in [5.41, 5.74) is 5.20. The first kappa shape index (κ1) is 16.7. The molecule has 1 fully saturated rings. The molecule has 2 heterocycles. The van der Waals surface area contributed by atoms with Gasteiger partial charge in [0.1, 0.15) is 5.60 Å². The number of ether oxygens (including phenoxy) is 1. The maximum Gasteiger partial charge on any atom is 0.271 e. The van der Waals surface area contributed by atoms with Gasteiger partial charge < -0.3 is 10.5 Å². The Bertz CT molecular complexity index is 563. The molecule has 1 aromatic heterocycles. The van der Waals surface area contributed by atoms with Crippen LogP contribution in [-0.4, -0.2) is 39.5 Å². The molecule has 0 bridgehead atoms. The number of primary amides is 1. The second-order valence-corrected chi connectivity index (χ2v) is 7.80. The molecule has 0 aliphatic carbocycles. The van der Waals surface area contributed by atoms with E-state index in [1.54, 1.807) is 18.3 Å². The Kier molecular flexibility index (Phi) is 3.98. The lowest BCUT2D eigenvalue weighted by molar-refractivity contribution is -0.102. The summed E-state index contributed by atoms with van der Waals surface area (Å²) in [5, 5.41) is 0. The zero-order valence-electron chi connectivity index (χ0n) is 14.4. The average molecular weight is 305 g/mol. The third kappa shape index (κ3) is 3.09. The Labute approximate surface area is 132 Å². The monoisotopic (exact) mass is 305 g/mol. The first-order valence-electron chi connectivity index (χ1n) is 7.65. The first-order chi connectivity index (χ1) is 9.97. The molecule has 122 valence electrons. The summed E-state index contributed by atoms with van der Waals surface area (Å²) < 4.78 is 6.26. The van der Waals surface area contributed by atoms with Crippen molar-refractivity contribution in [1.82, 2.24) is 9.88 Å². The van der Waals surface area contributed by atoms with Gasteiger partial charge in [0.05, 0.1) is 0 Å². The highest BCUT2D eigenvalue weighted by molar-refractivity contribution is 5.93. The fourth-order valence-electron chi connectivity index (χ4n) is 3.94. The quantitative estimate of drug-likeness (QED) is 0.932. The number of pyridine rings is 1. The highest BCUT2D eigenvalue weighted by atomic mass is 16.5. The second kappa shape index (κ2) is 5.23. The molecule has 0 atom stereocenters. The zero-order chi connectivity index (χ0) is 16.8. The van der Waals surface area contributed by atoms with Crippen molar-refractivity contribution in [2.45, 2.75) is 64.1 Å². The maximum atomic E-state index is 11.5. The molecular formula is C17H27N3O2. The minimum atomic E-state index is -0.564. The van der Waals surface area contributed by atoms with E-state index in [0.717, 1.165) is 12.8 Å². The SMILES string of the molecule is CN1C(C)(C)CC(C)(Oc2cccnc2C(N)=O)CC1(C)C. The highest BCUT2D eigenvalue weighted by Crippen LogP contribution is 2.44. The van der Waals surface area contributed by atoms with Crippen molar-refractivity contribution in [2.24, 2.45) is 5.73 Å². The molecular weight excluding hydrogens is 278 g/mol. The third-order valence-corrected chi connectivity index (χ3v) is 4.79. The number of carbonyl (C=O) groups excluding carboxylic acids is 1. The van der Waals surface area contributed by atoms with E-state index in [1.807, 2.05) is 0 Å². The topological polar surface area (TPSA) is 68.4 Å². The van der Waals surface area contributed by atoms with Crippen LogP contribution in [0.3, 0.4) is 0 Å². The van der Waals surface area contributed by atoms with Crippen molar-refractivity contribution >= 4 is 5.91 Å². The van der Waals surface area contributed by atoms with Gasteiger partial charge in [-0.15, -0.1) is 0 Å². The number of piperidine rings is 1. The van der Waals surface area contributed by atoms with E-state index >= 15 is 0 Å².